The van der Waals surface area contributed by atoms with E-state index in [0.29, 0.717) is 11.5 Å². The molecule has 0 amide bonds. The van der Waals surface area contributed by atoms with Gasteiger partial charge in [0.25, 0.3) is 0 Å². The molecule has 0 N–H and O–H groups in total. The molecular formula is C10H14Cl2O4Sn. The molecule has 0 radical (unpaired) electrons. The van der Waals surface area contributed by atoms with Crippen LogP contribution < -0.4 is 0 Å². The summed E-state index contributed by atoms with van der Waals surface area (Å²) in [4.78, 5) is 21.6. The van der Waals surface area contributed by atoms with Crippen molar-refractivity contribution >= 4 is 46.4 Å². The maximum absolute atomic E-state index is 10.8. The second-order valence-corrected chi connectivity index (χ2v) is 15.2. The Bertz CT molecular complexity index is 341. The number of rotatable bonds is 6. The third-order valence-corrected chi connectivity index (χ3v) is 6.64. The van der Waals surface area contributed by atoms with Gasteiger partial charge in [-0.3, -0.25) is 0 Å². The second kappa shape index (κ2) is 7.28. The maximum atomic E-state index is 10.8. The molecule has 96 valence electrons. The Balaban J connectivity index is 4.59. The van der Waals surface area contributed by atoms with Gasteiger partial charge >= 0.3 is 113 Å². The van der Waals surface area contributed by atoms with Crippen molar-refractivity contribution in [2.24, 2.45) is 0 Å². The second-order valence-electron chi connectivity index (χ2n) is 3.40. The number of allylic oxidation sites excluding steroid dienone is 4. The quantitative estimate of drug-likeness (QED) is 0.399. The fourth-order valence-electron chi connectivity index (χ4n) is 1.03. The molecule has 0 atom stereocenters. The van der Waals surface area contributed by atoms with E-state index in [1.54, 1.807) is 13.8 Å². The van der Waals surface area contributed by atoms with Crippen molar-refractivity contribution in [2.75, 3.05) is 0 Å². The summed E-state index contributed by atoms with van der Waals surface area (Å²) in [6, 6.07) is 0. The van der Waals surface area contributed by atoms with Crippen LogP contribution in [0.15, 0.2) is 23.7 Å². The number of carbonyl (C=O) groups excluding carboxylic acids is 2. The van der Waals surface area contributed by atoms with Crippen molar-refractivity contribution in [3.05, 3.63) is 23.7 Å². The van der Waals surface area contributed by atoms with Crippen LogP contribution in [0.5, 0.6) is 0 Å². The molecule has 0 aromatic heterocycles. The number of hydrogen-bond acceptors (Lipinski definition) is 4. The molecule has 0 aromatic rings. The Morgan fingerprint density at radius 3 is 1.41 bits per heavy atom. The third kappa shape index (κ3) is 9.50. The molecule has 0 aromatic carbocycles. The molecule has 0 unspecified atom stereocenters. The molecule has 4 nitrogen and oxygen atoms in total. The molecule has 0 heterocycles. The van der Waals surface area contributed by atoms with E-state index in [9.17, 15) is 9.59 Å². The molecule has 17 heavy (non-hydrogen) atoms. The number of ketones is 2. The van der Waals surface area contributed by atoms with Crippen LogP contribution in [0.25, 0.3) is 0 Å². The van der Waals surface area contributed by atoms with Gasteiger partial charge in [-0.25, -0.2) is 0 Å². The zero-order valence-electron chi connectivity index (χ0n) is 10.0. The standard InChI is InChI=1S/2C5H8O2.2ClH.Sn/c2*1-4(6)3-5(2)7;;;/h2*3,6H,1-2H3;2*1H;/q;;;;+4/p-4/b2*4-3-;;;. The van der Waals surface area contributed by atoms with Crippen molar-refractivity contribution < 1.29 is 15.7 Å². The molecule has 0 saturated carbocycles. The fourth-order valence-corrected chi connectivity index (χ4v) is 6.89. The van der Waals surface area contributed by atoms with E-state index in [-0.39, 0.29) is 11.6 Å². The zero-order valence-corrected chi connectivity index (χ0v) is 14.4. The summed E-state index contributed by atoms with van der Waals surface area (Å²) in [7, 11) is 11.8. The zero-order chi connectivity index (χ0) is 13.6. The van der Waals surface area contributed by atoms with Crippen LogP contribution in [-0.4, -0.2) is 28.5 Å². The van der Waals surface area contributed by atoms with Crippen molar-refractivity contribution in [2.45, 2.75) is 27.7 Å². The summed E-state index contributed by atoms with van der Waals surface area (Å²) in [5.74, 6) is 0.255. The van der Waals surface area contributed by atoms with Gasteiger partial charge in [0.2, 0.25) is 0 Å². The molecule has 0 rings (SSSR count). The van der Waals surface area contributed by atoms with Gasteiger partial charge in [-0.1, -0.05) is 0 Å². The van der Waals surface area contributed by atoms with Gasteiger partial charge in [-0.05, 0) is 0 Å². The number of halogens is 2. The fraction of sp³-hybridized carbons (Fsp3) is 0.400. The molecule has 0 aliphatic heterocycles. The topological polar surface area (TPSA) is 52.6 Å². The van der Waals surface area contributed by atoms with Crippen LogP contribution in [0.1, 0.15) is 27.7 Å². The van der Waals surface area contributed by atoms with E-state index in [0.717, 1.165) is 0 Å². The molecule has 0 spiro atoms. The molecule has 0 aliphatic rings. The Hall–Kier alpha value is -0.201. The SMILES string of the molecule is CC(=O)/C=C(/C)[O][Sn]([Cl])([Cl])[O]/C(C)=C\C(C)=O. The summed E-state index contributed by atoms with van der Waals surface area (Å²) in [5, 5.41) is 0. The average Bonchev–Trinajstić information content (AvgIpc) is 1.95. The first-order valence-corrected chi connectivity index (χ1v) is 14.3. The normalized spacial score (nSPS) is 13.3. The van der Waals surface area contributed by atoms with Crippen LogP contribution in [0.3, 0.4) is 0 Å². The summed E-state index contributed by atoms with van der Waals surface area (Å²) >= 11 is -4.22. The van der Waals surface area contributed by atoms with E-state index in [4.69, 9.17) is 24.0 Å². The van der Waals surface area contributed by atoms with Crippen LogP contribution in [-0.2, 0) is 15.7 Å². The molecule has 7 heteroatoms. The minimum absolute atomic E-state index is 0.172. The number of hydrogen-bond donors (Lipinski definition) is 0. The van der Waals surface area contributed by atoms with Crippen molar-refractivity contribution in [1.82, 2.24) is 0 Å². The molecule has 0 bridgehead atoms. The first-order valence-electron chi connectivity index (χ1n) is 4.76. The van der Waals surface area contributed by atoms with Gasteiger partial charge in [0.05, 0.1) is 0 Å². The van der Waals surface area contributed by atoms with Gasteiger partial charge in [-0.2, -0.15) is 0 Å². The Morgan fingerprint density at radius 2 is 1.18 bits per heavy atom. The Labute approximate surface area is 113 Å². The van der Waals surface area contributed by atoms with E-state index in [1.807, 2.05) is 0 Å². The first-order chi connectivity index (χ1) is 7.62. The monoisotopic (exact) mass is 388 g/mol. The van der Waals surface area contributed by atoms with Crippen molar-refractivity contribution in [3.8, 4) is 0 Å². The van der Waals surface area contributed by atoms with Gasteiger partial charge in [0, 0.05) is 0 Å². The Kier molecular flexibility index (Phi) is 7.20. The minimum atomic E-state index is -4.22. The van der Waals surface area contributed by atoms with Gasteiger partial charge < -0.3 is 0 Å². The van der Waals surface area contributed by atoms with Crippen molar-refractivity contribution in [1.29, 1.82) is 0 Å². The van der Waals surface area contributed by atoms with Crippen LogP contribution >= 0.6 is 17.8 Å². The summed E-state index contributed by atoms with van der Waals surface area (Å²) in [6.07, 6.45) is 2.54. The van der Waals surface area contributed by atoms with E-state index >= 15 is 0 Å². The van der Waals surface area contributed by atoms with Gasteiger partial charge in [0.1, 0.15) is 0 Å². The van der Waals surface area contributed by atoms with Crippen LogP contribution in [0, 0.1) is 0 Å². The van der Waals surface area contributed by atoms with Crippen LogP contribution in [0.2, 0.25) is 0 Å². The van der Waals surface area contributed by atoms with Crippen molar-refractivity contribution in [3.63, 3.8) is 0 Å². The van der Waals surface area contributed by atoms with E-state index in [1.165, 1.54) is 26.0 Å². The predicted molar refractivity (Wildman–Crippen MR) is 68.5 cm³/mol. The molecular weight excluding hydrogens is 374 g/mol. The van der Waals surface area contributed by atoms with E-state index in [2.05, 4.69) is 0 Å². The average molecular weight is 388 g/mol. The van der Waals surface area contributed by atoms with E-state index < -0.39 is 17.0 Å². The first kappa shape index (κ1) is 16.8. The third-order valence-electron chi connectivity index (χ3n) is 1.37. The summed E-state index contributed by atoms with van der Waals surface area (Å²) < 4.78 is 10.4. The summed E-state index contributed by atoms with van der Waals surface area (Å²) in [6.45, 7) is 5.89. The summed E-state index contributed by atoms with van der Waals surface area (Å²) in [5.41, 5.74) is 0. The van der Waals surface area contributed by atoms with Gasteiger partial charge in [0.15, 0.2) is 0 Å². The molecule has 0 saturated heterocycles. The van der Waals surface area contributed by atoms with Gasteiger partial charge in [-0.15, -0.1) is 0 Å². The van der Waals surface area contributed by atoms with Crippen LogP contribution in [0.4, 0.5) is 0 Å². The molecule has 0 aliphatic carbocycles. The Morgan fingerprint density at radius 1 is 0.882 bits per heavy atom. The molecule has 0 fully saturated rings. The predicted octanol–water partition coefficient (Wildman–Crippen LogP) is 2.92. The number of carbonyl (C=O) groups is 2.